The summed E-state index contributed by atoms with van der Waals surface area (Å²) in [6.07, 6.45) is 3.47. The lowest BCUT2D eigenvalue weighted by atomic mass is 10.1. The molecule has 1 aromatic rings. The molecule has 0 spiro atoms. The van der Waals surface area contributed by atoms with E-state index in [-0.39, 0.29) is 11.6 Å². The van der Waals surface area contributed by atoms with Crippen LogP contribution in [0.25, 0.3) is 0 Å². The molecule has 0 aliphatic heterocycles. The van der Waals surface area contributed by atoms with E-state index in [1.807, 2.05) is 20.8 Å². The first-order valence-corrected chi connectivity index (χ1v) is 14.3. The van der Waals surface area contributed by atoms with E-state index in [0.29, 0.717) is 21.8 Å². The zero-order chi connectivity index (χ0) is 22.6. The molecule has 0 saturated heterocycles. The third kappa shape index (κ3) is 6.30. The van der Waals surface area contributed by atoms with E-state index in [1.165, 1.54) is 0 Å². The predicted molar refractivity (Wildman–Crippen MR) is 123 cm³/mol. The van der Waals surface area contributed by atoms with Gasteiger partial charge in [-0.05, 0) is 80.7 Å². The van der Waals surface area contributed by atoms with Gasteiger partial charge in [-0.2, -0.15) is 0 Å². The average molecular weight is 440 g/mol. The van der Waals surface area contributed by atoms with Gasteiger partial charge in [-0.1, -0.05) is 20.8 Å². The summed E-state index contributed by atoms with van der Waals surface area (Å²) in [7, 11) is -4.18. The Morgan fingerprint density at radius 3 is 2.28 bits per heavy atom. The molecule has 0 fully saturated rings. The quantitative estimate of drug-likeness (QED) is 0.456. The Labute approximate surface area is 178 Å². The van der Waals surface area contributed by atoms with Crippen molar-refractivity contribution in [2.45, 2.75) is 77.5 Å². The fourth-order valence-electron chi connectivity index (χ4n) is 2.75. The Morgan fingerprint density at radius 1 is 1.21 bits per heavy atom. The van der Waals surface area contributed by atoms with Crippen molar-refractivity contribution in [2.24, 2.45) is 0 Å². The summed E-state index contributed by atoms with van der Waals surface area (Å²) in [6, 6.07) is 1.26. The number of rotatable bonds is 8. The minimum absolute atomic E-state index is 0.0427. The molecule has 29 heavy (non-hydrogen) atoms. The summed E-state index contributed by atoms with van der Waals surface area (Å²) < 4.78 is 41.0. The molecule has 1 N–H and O–H groups in total. The van der Waals surface area contributed by atoms with Gasteiger partial charge in [0.15, 0.2) is 8.32 Å². The van der Waals surface area contributed by atoms with Gasteiger partial charge in [0.1, 0.15) is 5.75 Å². The number of hydrogen-bond acceptors (Lipinski definition) is 4. The maximum absolute atomic E-state index is 13.3. The summed E-state index contributed by atoms with van der Waals surface area (Å²) in [6.45, 7) is 18.4. The van der Waals surface area contributed by atoms with Gasteiger partial charge < -0.3 is 9.16 Å². The van der Waals surface area contributed by atoms with Gasteiger partial charge in [-0.3, -0.25) is 0 Å². The van der Waals surface area contributed by atoms with E-state index >= 15 is 0 Å². The Hall–Kier alpha value is -1.37. The minimum atomic E-state index is -3.76. The molecule has 0 aliphatic rings. The second kappa shape index (κ2) is 9.62. The van der Waals surface area contributed by atoms with Crippen molar-refractivity contribution in [1.29, 1.82) is 0 Å². The molecule has 0 bridgehead atoms. The number of benzene rings is 1. The van der Waals surface area contributed by atoms with Crippen LogP contribution < -0.4 is 9.46 Å². The third-order valence-electron chi connectivity index (χ3n) is 5.67. The van der Waals surface area contributed by atoms with Crippen LogP contribution in [0.5, 0.6) is 5.75 Å². The molecule has 0 saturated carbocycles. The lowest BCUT2D eigenvalue weighted by Crippen LogP contribution is -2.45. The highest BCUT2D eigenvalue weighted by Crippen LogP contribution is 2.36. The first kappa shape index (κ1) is 25.7. The Bertz CT molecular complexity index is 892. The fraction of sp³-hybridized carbons (Fsp3) is 0.591. The van der Waals surface area contributed by atoms with Crippen LogP contribution in [0.4, 0.5) is 0 Å². The van der Waals surface area contributed by atoms with E-state index in [2.05, 4.69) is 44.3 Å². The largest absolute Gasteiger partial charge is 0.496 e. The smallest absolute Gasteiger partial charge is 0.241 e. The van der Waals surface area contributed by atoms with Crippen LogP contribution in [0, 0.1) is 20.8 Å². The van der Waals surface area contributed by atoms with Crippen LogP contribution in [0.3, 0.4) is 0 Å². The molecule has 0 radical (unpaired) electrons. The highest BCUT2D eigenvalue weighted by atomic mass is 32.2. The Kier molecular flexibility index (Phi) is 8.52. The number of hydrogen-bond donors (Lipinski definition) is 1. The SMILES string of the molecule is CC=C=C[C@H](CO[Si](C)(C)C(C)(C)C)NS(=O)(=O)c1c(C)cc(OC)c(C)c1C. The van der Waals surface area contributed by atoms with Crippen molar-refractivity contribution in [1.82, 2.24) is 4.72 Å². The number of ether oxygens (including phenoxy) is 1. The first-order chi connectivity index (χ1) is 13.2. The van der Waals surface area contributed by atoms with E-state index in [9.17, 15) is 8.42 Å². The second-order valence-electron chi connectivity index (χ2n) is 8.90. The fourth-order valence-corrected chi connectivity index (χ4v) is 5.47. The highest BCUT2D eigenvalue weighted by molar-refractivity contribution is 7.89. The summed E-state index contributed by atoms with van der Waals surface area (Å²) in [5, 5.41) is 0.0427. The van der Waals surface area contributed by atoms with Crippen molar-refractivity contribution in [3.8, 4) is 5.75 Å². The maximum atomic E-state index is 13.3. The molecule has 1 rings (SSSR count). The van der Waals surface area contributed by atoms with Gasteiger partial charge in [0, 0.05) is 0 Å². The van der Waals surface area contributed by atoms with Gasteiger partial charge in [0.2, 0.25) is 10.0 Å². The highest BCUT2D eigenvalue weighted by Gasteiger charge is 2.38. The maximum Gasteiger partial charge on any atom is 0.241 e. The lowest BCUT2D eigenvalue weighted by molar-refractivity contribution is 0.272. The molecule has 0 heterocycles. The molecule has 7 heteroatoms. The monoisotopic (exact) mass is 439 g/mol. The zero-order valence-corrected chi connectivity index (χ0v) is 21.4. The van der Waals surface area contributed by atoms with Crippen LogP contribution >= 0.6 is 0 Å². The molecule has 164 valence electrons. The van der Waals surface area contributed by atoms with Crippen molar-refractivity contribution in [3.05, 3.63) is 40.6 Å². The summed E-state index contributed by atoms with van der Waals surface area (Å²) >= 11 is 0. The number of sulfonamides is 1. The van der Waals surface area contributed by atoms with Crippen LogP contribution in [-0.2, 0) is 14.4 Å². The van der Waals surface area contributed by atoms with Crippen molar-refractivity contribution < 1.29 is 17.6 Å². The van der Waals surface area contributed by atoms with Crippen molar-refractivity contribution >= 4 is 18.3 Å². The topological polar surface area (TPSA) is 64.6 Å². The second-order valence-corrected chi connectivity index (χ2v) is 15.4. The van der Waals surface area contributed by atoms with Gasteiger partial charge in [0.25, 0.3) is 0 Å². The molecule has 1 atom stereocenters. The van der Waals surface area contributed by atoms with Crippen LogP contribution in [0.1, 0.15) is 44.4 Å². The Balaban J connectivity index is 3.27. The van der Waals surface area contributed by atoms with Crippen molar-refractivity contribution in [2.75, 3.05) is 13.7 Å². The zero-order valence-electron chi connectivity index (χ0n) is 19.6. The van der Waals surface area contributed by atoms with Crippen LogP contribution in [0.15, 0.2) is 28.8 Å². The molecule has 0 aliphatic carbocycles. The molecule has 5 nitrogen and oxygen atoms in total. The number of aryl methyl sites for hydroxylation is 1. The molecular weight excluding hydrogens is 402 g/mol. The van der Waals surface area contributed by atoms with Gasteiger partial charge in [0.05, 0.1) is 24.7 Å². The predicted octanol–water partition coefficient (Wildman–Crippen LogP) is 5.02. The average Bonchev–Trinajstić information content (AvgIpc) is 2.59. The normalized spacial score (nSPS) is 13.6. The number of nitrogens with one attached hydrogen (secondary N) is 1. The molecule has 0 unspecified atom stereocenters. The first-order valence-electron chi connectivity index (χ1n) is 9.86. The van der Waals surface area contributed by atoms with E-state index in [4.69, 9.17) is 9.16 Å². The molecule has 1 aromatic carbocycles. The van der Waals surface area contributed by atoms with Gasteiger partial charge in [-0.15, -0.1) is 5.73 Å². The summed E-state index contributed by atoms with van der Waals surface area (Å²) in [5.74, 6) is 0.686. The molecule has 0 amide bonds. The van der Waals surface area contributed by atoms with Crippen LogP contribution in [-0.4, -0.2) is 36.5 Å². The Morgan fingerprint density at radius 2 is 1.79 bits per heavy atom. The van der Waals surface area contributed by atoms with Gasteiger partial charge >= 0.3 is 0 Å². The summed E-state index contributed by atoms with van der Waals surface area (Å²) in [5.41, 5.74) is 5.15. The van der Waals surface area contributed by atoms with Crippen molar-refractivity contribution in [3.63, 3.8) is 0 Å². The van der Waals surface area contributed by atoms with Crippen LogP contribution in [0.2, 0.25) is 18.1 Å². The number of methoxy groups -OCH3 is 1. The minimum Gasteiger partial charge on any atom is -0.496 e. The molecule has 0 aromatic heterocycles. The van der Waals surface area contributed by atoms with E-state index in [0.717, 1.165) is 5.56 Å². The molecular formula is C22H37NO4SSi. The summed E-state index contributed by atoms with van der Waals surface area (Å²) in [4.78, 5) is 0.294. The van der Waals surface area contributed by atoms with E-state index in [1.54, 1.807) is 32.3 Å². The van der Waals surface area contributed by atoms with Gasteiger partial charge in [-0.25, -0.2) is 13.1 Å². The third-order valence-corrected chi connectivity index (χ3v) is 11.9. The standard InChI is InChI=1S/C22H37NO4SSi/c1-11-12-13-19(15-27-29(9,10)22(5,6)7)23-28(24,25)21-16(2)14-20(26-8)17(3)18(21)4/h11,13-14,19,23H,15H2,1-10H3/t12?,19-/m1/s1. The lowest BCUT2D eigenvalue weighted by Gasteiger charge is -2.37. The van der Waals surface area contributed by atoms with E-state index < -0.39 is 24.4 Å².